The Labute approximate surface area is 254 Å². The van der Waals surface area contributed by atoms with Crippen molar-refractivity contribution in [3.05, 3.63) is 52.7 Å². The van der Waals surface area contributed by atoms with Gasteiger partial charge in [-0.3, -0.25) is 9.89 Å². The summed E-state index contributed by atoms with van der Waals surface area (Å²) in [6.45, 7) is 14.0. The van der Waals surface area contributed by atoms with E-state index < -0.39 is 11.8 Å². The third-order valence-electron chi connectivity index (χ3n) is 8.93. The zero-order valence-corrected chi connectivity index (χ0v) is 25.9. The molecule has 2 aromatic carbocycles. The first-order valence-electron chi connectivity index (χ1n) is 14.4. The smallest absolute Gasteiger partial charge is 0.246 e. The van der Waals surface area contributed by atoms with Crippen LogP contribution in [0.5, 0.6) is 0 Å². The van der Waals surface area contributed by atoms with E-state index in [1.807, 2.05) is 24.8 Å². The molecule has 1 N–H and O–H groups in total. The van der Waals surface area contributed by atoms with Gasteiger partial charge in [0.1, 0.15) is 11.3 Å². The highest BCUT2D eigenvalue weighted by molar-refractivity contribution is 6.35. The Bertz CT molecular complexity index is 1780. The van der Waals surface area contributed by atoms with Gasteiger partial charge in [0.15, 0.2) is 5.82 Å². The number of hydrogen-bond acceptors (Lipinski definition) is 7. The molecule has 2 aliphatic rings. The number of piperazine rings is 1. The molecule has 0 saturated carbocycles. The van der Waals surface area contributed by atoms with Crippen molar-refractivity contribution in [2.24, 2.45) is 0 Å². The number of hydrogen-bond donors (Lipinski definition) is 1. The highest BCUT2D eigenvalue weighted by Crippen LogP contribution is 2.44. The quantitative estimate of drug-likeness (QED) is 0.316. The Hall–Kier alpha value is -3.83. The lowest BCUT2D eigenvalue weighted by atomic mass is 9.91. The number of fused-ring (bicyclic) bond motifs is 2. The van der Waals surface area contributed by atoms with E-state index in [1.54, 1.807) is 6.92 Å². The molecule has 0 spiro atoms. The molecule has 2 saturated heterocycles. The van der Waals surface area contributed by atoms with Gasteiger partial charge in [0.25, 0.3) is 0 Å². The van der Waals surface area contributed by atoms with E-state index in [2.05, 4.69) is 52.5 Å². The Morgan fingerprint density at radius 3 is 2.47 bits per heavy atom. The van der Waals surface area contributed by atoms with Crippen molar-refractivity contribution in [3.8, 4) is 11.1 Å². The van der Waals surface area contributed by atoms with Crippen molar-refractivity contribution < 1.29 is 13.6 Å². The van der Waals surface area contributed by atoms with Crippen molar-refractivity contribution in [2.45, 2.75) is 45.8 Å². The van der Waals surface area contributed by atoms with Gasteiger partial charge in [0, 0.05) is 65.8 Å². The van der Waals surface area contributed by atoms with E-state index >= 15 is 4.39 Å². The first-order chi connectivity index (χ1) is 20.4. The van der Waals surface area contributed by atoms with Crippen molar-refractivity contribution in [1.82, 2.24) is 30.0 Å². The maximum absolute atomic E-state index is 15.1. The van der Waals surface area contributed by atoms with Crippen LogP contribution < -0.4 is 9.80 Å². The number of halogens is 3. The molecule has 1 amide bonds. The maximum Gasteiger partial charge on any atom is 0.246 e. The molecule has 4 aromatic rings. The number of carbonyl (C=O) groups is 1. The number of nitrogens with zero attached hydrogens (tertiary/aromatic N) is 7. The van der Waals surface area contributed by atoms with Gasteiger partial charge < -0.3 is 19.6 Å². The molecular formula is C31H35ClF2N8O. The lowest BCUT2D eigenvalue weighted by molar-refractivity contribution is -0.128. The first-order valence-corrected chi connectivity index (χ1v) is 14.7. The number of aromatic amines is 1. The van der Waals surface area contributed by atoms with E-state index in [0.29, 0.717) is 52.3 Å². The predicted octanol–water partition coefficient (Wildman–Crippen LogP) is 5.08. The molecule has 9 nitrogen and oxygen atoms in total. The average molecular weight is 609 g/mol. The molecule has 4 heterocycles. The number of carbonyl (C=O) groups excluding carboxylic acids is 1. The van der Waals surface area contributed by atoms with Gasteiger partial charge in [0.2, 0.25) is 17.8 Å². The van der Waals surface area contributed by atoms with Crippen LogP contribution >= 0.6 is 11.6 Å². The molecule has 6 rings (SSSR count). The molecule has 2 fully saturated rings. The number of likely N-dealkylation sites (N-methyl/N-ethyl adjacent to an activating group) is 1. The Balaban J connectivity index is 1.56. The van der Waals surface area contributed by atoms with Crippen LogP contribution in [0.4, 0.5) is 20.5 Å². The number of aryl methyl sites for hydroxylation is 2. The molecule has 2 aliphatic heterocycles. The summed E-state index contributed by atoms with van der Waals surface area (Å²) in [6, 6.07) is 3.43. The van der Waals surface area contributed by atoms with Gasteiger partial charge in [0.05, 0.1) is 10.9 Å². The molecule has 226 valence electrons. The van der Waals surface area contributed by atoms with Gasteiger partial charge >= 0.3 is 0 Å². The Morgan fingerprint density at radius 1 is 1.07 bits per heavy atom. The minimum atomic E-state index is -0.725. The second-order valence-electron chi connectivity index (χ2n) is 12.0. The van der Waals surface area contributed by atoms with E-state index in [0.717, 1.165) is 29.9 Å². The number of nitrogens with one attached hydrogen (secondary N) is 1. The van der Waals surface area contributed by atoms with Gasteiger partial charge in [-0.25, -0.2) is 9.37 Å². The van der Waals surface area contributed by atoms with Crippen molar-refractivity contribution >= 4 is 51.1 Å². The molecule has 2 aromatic heterocycles. The number of aromatic nitrogens is 4. The zero-order chi connectivity index (χ0) is 30.9. The maximum atomic E-state index is 15.1. The monoisotopic (exact) mass is 608 g/mol. The number of H-pyrrole nitrogens is 1. The Morgan fingerprint density at radius 2 is 1.79 bits per heavy atom. The molecule has 2 atom stereocenters. The summed E-state index contributed by atoms with van der Waals surface area (Å²) in [6.07, 6.45) is 1.35. The summed E-state index contributed by atoms with van der Waals surface area (Å²) in [4.78, 5) is 31.1. The van der Waals surface area contributed by atoms with Gasteiger partial charge in [-0.15, -0.1) is 0 Å². The molecule has 0 aliphatic carbocycles. The fourth-order valence-electron chi connectivity index (χ4n) is 6.39. The topological polar surface area (TPSA) is 84.5 Å². The van der Waals surface area contributed by atoms with Crippen LogP contribution in [0.2, 0.25) is 5.02 Å². The third kappa shape index (κ3) is 4.69. The second kappa shape index (κ2) is 10.7. The SMILES string of the molecule is C=CC(=O)N1C[C@H](C)N(c2nc(N3CC(N(C)C)C3)nc3c(C)c(-c4c(C)cc(F)c5n[nH]c(F)c45)c(Cl)cc23)C[C@H]1C. The predicted molar refractivity (Wildman–Crippen MR) is 167 cm³/mol. The zero-order valence-electron chi connectivity index (χ0n) is 25.2. The van der Waals surface area contributed by atoms with Crippen LogP contribution in [-0.4, -0.2) is 94.3 Å². The van der Waals surface area contributed by atoms with E-state index in [1.165, 1.54) is 12.1 Å². The minimum Gasteiger partial charge on any atom is -0.349 e. The molecule has 0 radical (unpaired) electrons. The normalized spacial score (nSPS) is 19.5. The lowest BCUT2D eigenvalue weighted by Crippen LogP contribution is -2.59. The van der Waals surface area contributed by atoms with Crippen LogP contribution in [0.3, 0.4) is 0 Å². The fraction of sp³-hybridized carbons (Fsp3) is 0.419. The van der Waals surface area contributed by atoms with Crippen LogP contribution in [-0.2, 0) is 4.79 Å². The van der Waals surface area contributed by atoms with Crippen molar-refractivity contribution in [2.75, 3.05) is 50.1 Å². The highest BCUT2D eigenvalue weighted by atomic mass is 35.5. The largest absolute Gasteiger partial charge is 0.349 e. The molecular weight excluding hydrogens is 574 g/mol. The number of anilines is 2. The molecule has 0 bridgehead atoms. The fourth-order valence-corrected chi connectivity index (χ4v) is 6.74. The Kier molecular flexibility index (Phi) is 7.29. The summed E-state index contributed by atoms with van der Waals surface area (Å²) >= 11 is 7.03. The van der Waals surface area contributed by atoms with E-state index in [4.69, 9.17) is 21.6 Å². The first kappa shape index (κ1) is 29.3. The standard InChI is InChI=1S/C31H35ClF2N8O/c1-8-23(43)41-11-17(4)42(12-16(41)3)30-20-10-21(32)25(24-15(2)9-22(33)28-26(24)29(34)38-37-28)18(5)27(20)35-31(36-30)40-13-19(14-40)39(6)7/h8-10,16-17,19H,1,11-14H2,2-7H3,(H,37,38)/t16-,17+/m1/s1. The minimum absolute atomic E-state index is 0.0466. The molecule has 43 heavy (non-hydrogen) atoms. The molecule has 0 unspecified atom stereocenters. The third-order valence-corrected chi connectivity index (χ3v) is 9.23. The molecule has 12 heteroatoms. The van der Waals surface area contributed by atoms with Gasteiger partial charge in [-0.2, -0.15) is 14.5 Å². The number of rotatable bonds is 5. The van der Waals surface area contributed by atoms with Gasteiger partial charge in [-0.05, 0) is 71.1 Å². The van der Waals surface area contributed by atoms with Crippen LogP contribution in [0, 0.1) is 25.6 Å². The van der Waals surface area contributed by atoms with E-state index in [-0.39, 0.29) is 28.9 Å². The number of benzene rings is 2. The summed E-state index contributed by atoms with van der Waals surface area (Å²) in [5, 5.41) is 7.33. The average Bonchev–Trinajstić information content (AvgIpc) is 3.31. The summed E-state index contributed by atoms with van der Waals surface area (Å²) in [5.74, 6) is -0.110. The van der Waals surface area contributed by atoms with Crippen molar-refractivity contribution in [1.29, 1.82) is 0 Å². The van der Waals surface area contributed by atoms with Crippen LogP contribution in [0.15, 0.2) is 24.8 Å². The van der Waals surface area contributed by atoms with E-state index in [9.17, 15) is 9.18 Å². The van der Waals surface area contributed by atoms with Gasteiger partial charge in [-0.1, -0.05) is 18.2 Å². The van der Waals surface area contributed by atoms with Crippen LogP contribution in [0.1, 0.15) is 25.0 Å². The summed E-state index contributed by atoms with van der Waals surface area (Å²) < 4.78 is 29.8. The summed E-state index contributed by atoms with van der Waals surface area (Å²) in [7, 11) is 4.11. The second-order valence-corrected chi connectivity index (χ2v) is 12.4. The highest BCUT2D eigenvalue weighted by Gasteiger charge is 2.36. The lowest BCUT2D eigenvalue weighted by Gasteiger charge is -2.46. The summed E-state index contributed by atoms with van der Waals surface area (Å²) in [5.41, 5.74) is 2.91. The number of amides is 1. The van der Waals surface area contributed by atoms with Crippen LogP contribution in [0.25, 0.3) is 32.9 Å². The van der Waals surface area contributed by atoms with Crippen molar-refractivity contribution in [3.63, 3.8) is 0 Å².